The molecule has 138 valence electrons. The van der Waals surface area contributed by atoms with E-state index in [2.05, 4.69) is 24.0 Å². The molecule has 3 heteroatoms. The Kier molecular flexibility index (Phi) is 7.78. The molecule has 2 rings (SSSR count). The maximum Gasteiger partial charge on any atom is 0.303 e. The van der Waals surface area contributed by atoms with Crippen molar-refractivity contribution in [3.8, 4) is 11.8 Å². The summed E-state index contributed by atoms with van der Waals surface area (Å²) in [6.45, 7) is 3.88. The maximum absolute atomic E-state index is 10.6. The molecule has 2 aliphatic rings. The van der Waals surface area contributed by atoms with Crippen molar-refractivity contribution in [1.82, 2.24) is 0 Å². The van der Waals surface area contributed by atoms with Crippen LogP contribution in [0.5, 0.6) is 0 Å². The highest BCUT2D eigenvalue weighted by Gasteiger charge is 2.39. The van der Waals surface area contributed by atoms with Gasteiger partial charge in [0.2, 0.25) is 0 Å². The summed E-state index contributed by atoms with van der Waals surface area (Å²) >= 11 is 0. The Hall–Kier alpha value is -1.53. The highest BCUT2D eigenvalue weighted by molar-refractivity contribution is 5.66. The third kappa shape index (κ3) is 6.04. The van der Waals surface area contributed by atoms with Gasteiger partial charge in [0, 0.05) is 12.8 Å². The van der Waals surface area contributed by atoms with E-state index in [1.54, 1.807) is 0 Å². The molecule has 1 unspecified atom stereocenters. The SMILES string of the molecule is CC#CCC(C)[C@H](O)/C=C/[C@H]1CC[C@@H]2C/C(=C\CCCC(=O)O)C[C@@H]21. The van der Waals surface area contributed by atoms with E-state index in [0.29, 0.717) is 11.8 Å². The molecule has 0 aliphatic heterocycles. The van der Waals surface area contributed by atoms with Crippen LogP contribution in [0, 0.1) is 35.5 Å². The van der Waals surface area contributed by atoms with E-state index < -0.39 is 12.1 Å². The van der Waals surface area contributed by atoms with Crippen molar-refractivity contribution in [3.05, 3.63) is 23.8 Å². The monoisotopic (exact) mass is 344 g/mol. The summed E-state index contributed by atoms with van der Waals surface area (Å²) in [7, 11) is 0. The summed E-state index contributed by atoms with van der Waals surface area (Å²) in [6, 6.07) is 0. The lowest BCUT2D eigenvalue weighted by Gasteiger charge is -2.17. The minimum absolute atomic E-state index is 0.175. The molecule has 2 aliphatic carbocycles. The van der Waals surface area contributed by atoms with Crippen LogP contribution >= 0.6 is 0 Å². The van der Waals surface area contributed by atoms with Gasteiger partial charge in [0.1, 0.15) is 0 Å². The number of rotatable bonds is 8. The van der Waals surface area contributed by atoms with Gasteiger partial charge < -0.3 is 10.2 Å². The predicted molar refractivity (Wildman–Crippen MR) is 101 cm³/mol. The number of unbranched alkanes of at least 4 members (excludes halogenated alkanes) is 1. The van der Waals surface area contributed by atoms with Gasteiger partial charge in [-0.3, -0.25) is 4.79 Å². The molecule has 3 nitrogen and oxygen atoms in total. The third-order valence-corrected chi connectivity index (χ3v) is 5.82. The largest absolute Gasteiger partial charge is 0.481 e. The molecule has 2 fully saturated rings. The summed E-state index contributed by atoms with van der Waals surface area (Å²) in [6.07, 6.45) is 13.6. The zero-order chi connectivity index (χ0) is 18.2. The first kappa shape index (κ1) is 19.8. The van der Waals surface area contributed by atoms with E-state index in [1.165, 1.54) is 24.8 Å². The molecule has 0 radical (unpaired) electrons. The van der Waals surface area contributed by atoms with Gasteiger partial charge in [0.05, 0.1) is 6.10 Å². The molecule has 2 saturated carbocycles. The van der Waals surface area contributed by atoms with Crippen molar-refractivity contribution >= 4 is 5.97 Å². The lowest BCUT2D eigenvalue weighted by Crippen LogP contribution is -2.15. The number of aliphatic hydroxyl groups excluding tert-OH is 1. The lowest BCUT2D eigenvalue weighted by molar-refractivity contribution is -0.137. The summed E-state index contributed by atoms with van der Waals surface area (Å²) in [5, 5.41) is 19.0. The van der Waals surface area contributed by atoms with Crippen LogP contribution in [0.3, 0.4) is 0 Å². The van der Waals surface area contributed by atoms with E-state index >= 15 is 0 Å². The maximum atomic E-state index is 10.6. The van der Waals surface area contributed by atoms with Gasteiger partial charge in [-0.05, 0) is 69.1 Å². The minimum atomic E-state index is -0.704. The lowest BCUT2D eigenvalue weighted by atomic mass is 9.90. The molecule has 0 aromatic heterocycles. The van der Waals surface area contributed by atoms with Crippen LogP contribution in [0.4, 0.5) is 0 Å². The van der Waals surface area contributed by atoms with Crippen LogP contribution < -0.4 is 0 Å². The number of hydrogen-bond acceptors (Lipinski definition) is 2. The number of allylic oxidation sites excluding steroid dienone is 3. The molecule has 2 N–H and O–H groups in total. The summed E-state index contributed by atoms with van der Waals surface area (Å²) in [5.74, 6) is 7.47. The molecule has 0 aromatic rings. The molecule has 5 atom stereocenters. The van der Waals surface area contributed by atoms with Gasteiger partial charge in [-0.25, -0.2) is 0 Å². The topological polar surface area (TPSA) is 57.5 Å². The Labute approximate surface area is 152 Å². The van der Waals surface area contributed by atoms with Crippen molar-refractivity contribution in [1.29, 1.82) is 0 Å². The number of carboxylic acid groups (broad SMARTS) is 1. The Balaban J connectivity index is 1.82. The predicted octanol–water partition coefficient (Wildman–Crippen LogP) is 4.57. The first-order chi connectivity index (χ1) is 12.0. The highest BCUT2D eigenvalue weighted by atomic mass is 16.4. The zero-order valence-electron chi connectivity index (χ0n) is 15.6. The third-order valence-electron chi connectivity index (χ3n) is 5.82. The van der Waals surface area contributed by atoms with Gasteiger partial charge in [-0.1, -0.05) is 30.7 Å². The summed E-state index contributed by atoms with van der Waals surface area (Å²) in [4.78, 5) is 10.6. The van der Waals surface area contributed by atoms with Crippen LogP contribution in [0.15, 0.2) is 23.8 Å². The Morgan fingerprint density at radius 1 is 1.36 bits per heavy atom. The first-order valence-corrected chi connectivity index (χ1v) is 9.67. The van der Waals surface area contributed by atoms with Gasteiger partial charge in [0.15, 0.2) is 0 Å². The number of fused-ring (bicyclic) bond motifs is 1. The van der Waals surface area contributed by atoms with Crippen molar-refractivity contribution in [2.24, 2.45) is 23.7 Å². The van der Waals surface area contributed by atoms with E-state index in [-0.39, 0.29) is 12.3 Å². The first-order valence-electron chi connectivity index (χ1n) is 9.67. The number of aliphatic carboxylic acids is 1. The van der Waals surface area contributed by atoms with Crippen LogP contribution in [-0.4, -0.2) is 22.3 Å². The van der Waals surface area contributed by atoms with Crippen LogP contribution in [-0.2, 0) is 4.79 Å². The zero-order valence-corrected chi connectivity index (χ0v) is 15.6. The number of carboxylic acids is 1. The number of aliphatic hydroxyl groups is 1. The Bertz CT molecular complexity index is 564. The smallest absolute Gasteiger partial charge is 0.303 e. The average molecular weight is 344 g/mol. The van der Waals surface area contributed by atoms with Crippen LogP contribution in [0.1, 0.15) is 65.2 Å². The number of hydrogen-bond donors (Lipinski definition) is 2. The Morgan fingerprint density at radius 2 is 2.16 bits per heavy atom. The second-order valence-corrected chi connectivity index (χ2v) is 7.71. The molecular weight excluding hydrogens is 312 g/mol. The fourth-order valence-corrected chi connectivity index (χ4v) is 4.27. The standard InChI is InChI=1S/C22H32O3/c1-3-4-7-16(2)21(23)13-12-18-10-11-19-14-17(15-20(18)19)8-5-6-9-22(24)25/h8,12-13,16,18-21,23H,5-7,9-11,14-15H2,1-2H3,(H,24,25)/b13-12+,17-8+/t16?,18-,19-,20-,21-/m1/s1. The summed E-state index contributed by atoms with van der Waals surface area (Å²) in [5.41, 5.74) is 1.52. The quantitative estimate of drug-likeness (QED) is 0.385. The molecule has 0 bridgehead atoms. The molecule has 0 amide bonds. The van der Waals surface area contributed by atoms with Crippen molar-refractivity contribution in [3.63, 3.8) is 0 Å². The van der Waals surface area contributed by atoms with Crippen molar-refractivity contribution in [2.75, 3.05) is 0 Å². The molecule has 0 spiro atoms. The van der Waals surface area contributed by atoms with E-state index in [9.17, 15) is 9.90 Å². The second kappa shape index (κ2) is 9.82. The van der Waals surface area contributed by atoms with Gasteiger partial charge in [-0.15, -0.1) is 11.8 Å². The van der Waals surface area contributed by atoms with Crippen molar-refractivity contribution < 1.29 is 15.0 Å². The van der Waals surface area contributed by atoms with Gasteiger partial charge in [0.25, 0.3) is 0 Å². The molecular formula is C22H32O3. The van der Waals surface area contributed by atoms with E-state index in [1.807, 2.05) is 19.9 Å². The molecule has 0 aromatic carbocycles. The molecule has 0 heterocycles. The van der Waals surface area contributed by atoms with Gasteiger partial charge in [-0.2, -0.15) is 0 Å². The van der Waals surface area contributed by atoms with E-state index in [4.69, 9.17) is 5.11 Å². The van der Waals surface area contributed by atoms with E-state index in [0.717, 1.165) is 31.6 Å². The Morgan fingerprint density at radius 3 is 2.88 bits per heavy atom. The molecule has 0 saturated heterocycles. The van der Waals surface area contributed by atoms with Crippen LogP contribution in [0.25, 0.3) is 0 Å². The summed E-state index contributed by atoms with van der Waals surface area (Å²) < 4.78 is 0. The van der Waals surface area contributed by atoms with Crippen LogP contribution in [0.2, 0.25) is 0 Å². The van der Waals surface area contributed by atoms with Gasteiger partial charge >= 0.3 is 5.97 Å². The van der Waals surface area contributed by atoms with Crippen molar-refractivity contribution in [2.45, 2.75) is 71.3 Å². The number of carbonyl (C=O) groups is 1. The normalized spacial score (nSPS) is 29.4. The fraction of sp³-hybridized carbons (Fsp3) is 0.682. The minimum Gasteiger partial charge on any atom is -0.481 e. The highest BCUT2D eigenvalue weighted by Crippen LogP contribution is 2.50. The fourth-order valence-electron chi connectivity index (χ4n) is 4.27. The molecule has 25 heavy (non-hydrogen) atoms. The average Bonchev–Trinajstić information content (AvgIpc) is 3.14. The second-order valence-electron chi connectivity index (χ2n) is 7.71.